The first kappa shape index (κ1) is 17.3. The van der Waals surface area contributed by atoms with Gasteiger partial charge in [-0.25, -0.2) is 0 Å². The van der Waals surface area contributed by atoms with Crippen molar-refractivity contribution in [3.05, 3.63) is 24.3 Å². The summed E-state index contributed by atoms with van der Waals surface area (Å²) in [5.74, 6) is -0.0686. The van der Waals surface area contributed by atoms with Crippen molar-refractivity contribution < 1.29 is 22.7 Å². The van der Waals surface area contributed by atoms with E-state index in [4.69, 9.17) is 5.73 Å². The minimum Gasteiger partial charge on any atom is -0.482 e. The van der Waals surface area contributed by atoms with E-state index in [1.54, 1.807) is 6.07 Å². The van der Waals surface area contributed by atoms with E-state index in [2.05, 4.69) is 10.1 Å². The van der Waals surface area contributed by atoms with Crippen LogP contribution in [-0.4, -0.2) is 25.2 Å². The molecule has 0 aromatic heterocycles. The van der Waals surface area contributed by atoms with Gasteiger partial charge in [0.1, 0.15) is 5.75 Å². The van der Waals surface area contributed by atoms with Crippen LogP contribution in [0.4, 0.5) is 18.9 Å². The Morgan fingerprint density at radius 3 is 2.67 bits per heavy atom. The Morgan fingerprint density at radius 1 is 1.38 bits per heavy atom. The smallest absolute Gasteiger partial charge is 0.422 e. The van der Waals surface area contributed by atoms with Gasteiger partial charge in [0.15, 0.2) is 6.61 Å². The van der Waals surface area contributed by atoms with Gasteiger partial charge < -0.3 is 15.8 Å². The molecule has 1 unspecified atom stereocenters. The molecule has 0 bridgehead atoms. The summed E-state index contributed by atoms with van der Waals surface area (Å²) in [6.45, 7) is 1.01. The first-order valence-corrected chi connectivity index (χ1v) is 6.60. The number of halogens is 3. The number of benzene rings is 1. The van der Waals surface area contributed by atoms with Crippen molar-refractivity contribution in [1.82, 2.24) is 0 Å². The van der Waals surface area contributed by atoms with E-state index in [9.17, 15) is 18.0 Å². The highest BCUT2D eigenvalue weighted by Crippen LogP contribution is 2.26. The first-order valence-electron chi connectivity index (χ1n) is 6.60. The summed E-state index contributed by atoms with van der Waals surface area (Å²) in [4.78, 5) is 11.8. The number of carbonyl (C=O) groups is 1. The number of amides is 1. The van der Waals surface area contributed by atoms with Crippen LogP contribution in [0.1, 0.15) is 19.8 Å². The largest absolute Gasteiger partial charge is 0.482 e. The zero-order chi connectivity index (χ0) is 15.9. The van der Waals surface area contributed by atoms with Crippen molar-refractivity contribution in [3.63, 3.8) is 0 Å². The van der Waals surface area contributed by atoms with Crippen LogP contribution in [0, 0.1) is 5.92 Å². The molecular formula is C14H19F3N2O2. The van der Waals surface area contributed by atoms with E-state index in [0.717, 1.165) is 0 Å². The van der Waals surface area contributed by atoms with E-state index in [0.29, 0.717) is 13.0 Å². The van der Waals surface area contributed by atoms with Crippen LogP contribution in [0.3, 0.4) is 0 Å². The number of hydrogen-bond acceptors (Lipinski definition) is 3. The molecule has 4 nitrogen and oxygen atoms in total. The van der Waals surface area contributed by atoms with Crippen molar-refractivity contribution >= 4 is 11.6 Å². The molecule has 1 amide bonds. The lowest BCUT2D eigenvalue weighted by Gasteiger charge is -2.14. The number of nitrogens with two attached hydrogens (primary N) is 1. The molecule has 3 N–H and O–H groups in total. The maximum atomic E-state index is 12.2. The number of rotatable bonds is 7. The predicted molar refractivity (Wildman–Crippen MR) is 74.1 cm³/mol. The third-order valence-electron chi connectivity index (χ3n) is 2.82. The van der Waals surface area contributed by atoms with Gasteiger partial charge in [0.25, 0.3) is 0 Å². The van der Waals surface area contributed by atoms with Gasteiger partial charge >= 0.3 is 6.18 Å². The first-order chi connectivity index (χ1) is 9.81. The Kier molecular flexibility index (Phi) is 6.48. The SMILES string of the molecule is CC(CN)CCC(=O)Nc1ccccc1OCC(F)(F)F. The highest BCUT2D eigenvalue weighted by atomic mass is 19.4. The second-order valence-corrected chi connectivity index (χ2v) is 4.83. The molecule has 0 saturated heterocycles. The topological polar surface area (TPSA) is 64.4 Å². The lowest BCUT2D eigenvalue weighted by Crippen LogP contribution is -2.20. The summed E-state index contributed by atoms with van der Waals surface area (Å²) in [6.07, 6.45) is -3.55. The Morgan fingerprint density at radius 2 is 2.05 bits per heavy atom. The molecule has 0 aliphatic carbocycles. The van der Waals surface area contributed by atoms with Gasteiger partial charge in [-0.05, 0) is 31.0 Å². The molecule has 0 spiro atoms. The number of carbonyl (C=O) groups excluding carboxylic acids is 1. The molecule has 0 aliphatic heterocycles. The Balaban J connectivity index is 2.60. The Labute approximate surface area is 121 Å². The highest BCUT2D eigenvalue weighted by Gasteiger charge is 2.28. The number of ether oxygens (including phenoxy) is 1. The van der Waals surface area contributed by atoms with E-state index in [1.165, 1.54) is 18.2 Å². The van der Waals surface area contributed by atoms with E-state index in [1.807, 2.05) is 6.92 Å². The van der Waals surface area contributed by atoms with Crippen molar-refractivity contribution in [1.29, 1.82) is 0 Å². The lowest BCUT2D eigenvalue weighted by molar-refractivity contribution is -0.153. The van der Waals surface area contributed by atoms with Crippen molar-refractivity contribution in [2.75, 3.05) is 18.5 Å². The molecule has 7 heteroatoms. The van der Waals surface area contributed by atoms with E-state index >= 15 is 0 Å². The predicted octanol–water partition coefficient (Wildman–Crippen LogP) is 2.94. The lowest BCUT2D eigenvalue weighted by atomic mass is 10.1. The fourth-order valence-electron chi connectivity index (χ4n) is 1.56. The van der Waals surface area contributed by atoms with Gasteiger partial charge in [-0.3, -0.25) is 4.79 Å². The third-order valence-corrected chi connectivity index (χ3v) is 2.82. The summed E-state index contributed by atoms with van der Waals surface area (Å²) < 4.78 is 41.2. The molecule has 21 heavy (non-hydrogen) atoms. The molecule has 1 aromatic rings. The zero-order valence-corrected chi connectivity index (χ0v) is 11.7. The van der Waals surface area contributed by atoms with Crippen LogP contribution in [0.2, 0.25) is 0 Å². The number of nitrogens with one attached hydrogen (secondary N) is 1. The van der Waals surface area contributed by atoms with Crippen LogP contribution in [0.5, 0.6) is 5.75 Å². The van der Waals surface area contributed by atoms with Crippen LogP contribution in [0.15, 0.2) is 24.3 Å². The van der Waals surface area contributed by atoms with Gasteiger partial charge in [0, 0.05) is 6.42 Å². The van der Waals surface area contributed by atoms with Crippen molar-refractivity contribution in [3.8, 4) is 5.75 Å². The molecule has 1 atom stereocenters. The highest BCUT2D eigenvalue weighted by molar-refractivity contribution is 5.92. The maximum Gasteiger partial charge on any atom is 0.422 e. The quantitative estimate of drug-likeness (QED) is 0.814. The van der Waals surface area contributed by atoms with Crippen LogP contribution in [0.25, 0.3) is 0 Å². The molecule has 118 valence electrons. The fraction of sp³-hybridized carbons (Fsp3) is 0.500. The minimum atomic E-state index is -4.42. The minimum absolute atomic E-state index is 0.00458. The average molecular weight is 304 g/mol. The standard InChI is InChI=1S/C14H19F3N2O2/c1-10(8-18)6-7-13(20)19-11-4-2-3-5-12(11)21-9-14(15,16)17/h2-5,10H,6-9,18H2,1H3,(H,19,20). The van der Waals surface area contributed by atoms with E-state index < -0.39 is 12.8 Å². The zero-order valence-electron chi connectivity index (χ0n) is 11.7. The van der Waals surface area contributed by atoms with Crippen LogP contribution < -0.4 is 15.8 Å². The van der Waals surface area contributed by atoms with Gasteiger partial charge in [-0.15, -0.1) is 0 Å². The maximum absolute atomic E-state index is 12.2. The second-order valence-electron chi connectivity index (χ2n) is 4.83. The third kappa shape index (κ3) is 6.99. The van der Waals surface area contributed by atoms with Crippen molar-refractivity contribution in [2.45, 2.75) is 25.9 Å². The van der Waals surface area contributed by atoms with Crippen LogP contribution >= 0.6 is 0 Å². The Hall–Kier alpha value is -1.76. The monoisotopic (exact) mass is 304 g/mol. The molecular weight excluding hydrogens is 285 g/mol. The molecule has 0 heterocycles. The van der Waals surface area contributed by atoms with E-state index in [-0.39, 0.29) is 29.7 Å². The fourth-order valence-corrected chi connectivity index (χ4v) is 1.56. The molecule has 0 aliphatic rings. The normalized spacial score (nSPS) is 12.8. The van der Waals surface area contributed by atoms with Gasteiger partial charge in [0.05, 0.1) is 5.69 Å². The number of hydrogen-bond donors (Lipinski definition) is 2. The van der Waals surface area contributed by atoms with Gasteiger partial charge in [-0.1, -0.05) is 19.1 Å². The second kappa shape index (κ2) is 7.87. The van der Waals surface area contributed by atoms with Crippen LogP contribution in [-0.2, 0) is 4.79 Å². The summed E-state index contributed by atoms with van der Waals surface area (Å²) in [5, 5.41) is 2.55. The molecule has 1 rings (SSSR count). The molecule has 1 aromatic carbocycles. The number of alkyl halides is 3. The summed E-state index contributed by atoms with van der Waals surface area (Å²) in [5.41, 5.74) is 5.69. The number of anilines is 1. The number of para-hydroxylation sites is 2. The van der Waals surface area contributed by atoms with Gasteiger partial charge in [0.2, 0.25) is 5.91 Å². The van der Waals surface area contributed by atoms with Crippen molar-refractivity contribution in [2.24, 2.45) is 11.7 Å². The molecule has 0 fully saturated rings. The summed E-state index contributed by atoms with van der Waals surface area (Å²) >= 11 is 0. The molecule has 0 radical (unpaired) electrons. The molecule has 0 saturated carbocycles. The average Bonchev–Trinajstić information content (AvgIpc) is 2.43. The summed E-state index contributed by atoms with van der Waals surface area (Å²) in [6, 6.07) is 6.02. The summed E-state index contributed by atoms with van der Waals surface area (Å²) in [7, 11) is 0. The van der Waals surface area contributed by atoms with Gasteiger partial charge in [-0.2, -0.15) is 13.2 Å². The Bertz CT molecular complexity index is 464.